The van der Waals surface area contributed by atoms with Gasteiger partial charge in [-0.05, 0) is 33.0 Å². The molecule has 102 valence electrons. The van der Waals surface area contributed by atoms with Crippen molar-refractivity contribution in [2.75, 3.05) is 7.05 Å². The van der Waals surface area contributed by atoms with Crippen LogP contribution < -0.4 is 9.46 Å². The van der Waals surface area contributed by atoms with Gasteiger partial charge in [-0.15, -0.1) is 11.3 Å². The quantitative estimate of drug-likeness (QED) is 0.943. The van der Waals surface area contributed by atoms with Gasteiger partial charge in [0, 0.05) is 10.4 Å². The van der Waals surface area contributed by atoms with Crippen molar-refractivity contribution in [3.05, 3.63) is 40.8 Å². The summed E-state index contributed by atoms with van der Waals surface area (Å²) in [5, 5.41) is 0. The Bertz CT molecular complexity index is 675. The van der Waals surface area contributed by atoms with E-state index in [0.717, 1.165) is 4.88 Å². The second-order valence-corrected chi connectivity index (χ2v) is 7.33. The number of ether oxygens (including phenoxy) is 1. The molecular formula is C13H15NO3S2. The third-order valence-electron chi connectivity index (χ3n) is 2.69. The Morgan fingerprint density at radius 2 is 1.79 bits per heavy atom. The maximum atomic E-state index is 11.9. The molecule has 0 bridgehead atoms. The first kappa shape index (κ1) is 14.0. The molecule has 2 aromatic rings. The molecule has 0 saturated carbocycles. The maximum Gasteiger partial charge on any atom is 0.250 e. The standard InChI is InChI=1S/C13H15NO3S2/c1-9-12(17-11-7-5-4-6-8-11)10(2)18-13(9)19(15,16)14-3/h4-8,14H,1-3H3. The van der Waals surface area contributed by atoms with Gasteiger partial charge in [0.05, 0.1) is 0 Å². The fourth-order valence-electron chi connectivity index (χ4n) is 1.72. The van der Waals surface area contributed by atoms with Crippen molar-refractivity contribution in [1.29, 1.82) is 0 Å². The topological polar surface area (TPSA) is 55.4 Å². The Morgan fingerprint density at radius 3 is 2.37 bits per heavy atom. The number of nitrogens with one attached hydrogen (secondary N) is 1. The molecule has 4 nitrogen and oxygen atoms in total. The lowest BCUT2D eigenvalue weighted by molar-refractivity contribution is 0.477. The zero-order valence-electron chi connectivity index (χ0n) is 10.9. The van der Waals surface area contributed by atoms with E-state index in [2.05, 4.69) is 4.72 Å². The van der Waals surface area contributed by atoms with E-state index in [1.165, 1.54) is 18.4 Å². The van der Waals surface area contributed by atoms with E-state index in [4.69, 9.17) is 4.74 Å². The molecule has 1 N–H and O–H groups in total. The molecule has 1 aromatic carbocycles. The van der Waals surface area contributed by atoms with Crippen LogP contribution in [-0.4, -0.2) is 15.5 Å². The van der Waals surface area contributed by atoms with E-state index in [1.807, 2.05) is 37.3 Å². The first-order valence-electron chi connectivity index (χ1n) is 5.72. The zero-order chi connectivity index (χ0) is 14.0. The Hall–Kier alpha value is -1.37. The molecule has 1 heterocycles. The van der Waals surface area contributed by atoms with Crippen LogP contribution in [0.2, 0.25) is 0 Å². The second-order valence-electron chi connectivity index (χ2n) is 4.02. The van der Waals surface area contributed by atoms with E-state index in [0.29, 0.717) is 21.3 Å². The van der Waals surface area contributed by atoms with Crippen LogP contribution in [0.4, 0.5) is 0 Å². The molecule has 0 spiro atoms. The highest BCUT2D eigenvalue weighted by Crippen LogP contribution is 2.39. The molecule has 0 atom stereocenters. The lowest BCUT2D eigenvalue weighted by Crippen LogP contribution is -2.18. The SMILES string of the molecule is CNS(=O)(=O)c1sc(C)c(Oc2ccccc2)c1C. The Balaban J connectivity index is 2.44. The smallest absolute Gasteiger partial charge is 0.250 e. The predicted molar refractivity (Wildman–Crippen MR) is 76.6 cm³/mol. The Kier molecular flexibility index (Phi) is 3.93. The molecule has 0 aliphatic heterocycles. The summed E-state index contributed by atoms with van der Waals surface area (Å²) in [6.07, 6.45) is 0. The molecule has 0 amide bonds. The van der Waals surface area contributed by atoms with Gasteiger partial charge in [-0.1, -0.05) is 18.2 Å². The Morgan fingerprint density at radius 1 is 1.16 bits per heavy atom. The Labute approximate surface area is 117 Å². The van der Waals surface area contributed by atoms with Crippen molar-refractivity contribution in [3.63, 3.8) is 0 Å². The molecular weight excluding hydrogens is 282 g/mol. The van der Waals surface area contributed by atoms with Crippen molar-refractivity contribution in [2.24, 2.45) is 0 Å². The molecule has 6 heteroatoms. The van der Waals surface area contributed by atoms with Crippen molar-refractivity contribution < 1.29 is 13.2 Å². The minimum atomic E-state index is -3.43. The number of sulfonamides is 1. The van der Waals surface area contributed by atoms with Gasteiger partial charge in [-0.2, -0.15) is 0 Å². The predicted octanol–water partition coefficient (Wildman–Crippen LogP) is 3.07. The van der Waals surface area contributed by atoms with Crippen molar-refractivity contribution in [1.82, 2.24) is 4.72 Å². The molecule has 0 fully saturated rings. The van der Waals surface area contributed by atoms with Crippen molar-refractivity contribution in [2.45, 2.75) is 18.1 Å². The summed E-state index contributed by atoms with van der Waals surface area (Å²) in [7, 11) is -2.03. The molecule has 19 heavy (non-hydrogen) atoms. The second kappa shape index (κ2) is 5.32. The van der Waals surface area contributed by atoms with Gasteiger partial charge in [-0.25, -0.2) is 13.1 Å². The van der Waals surface area contributed by atoms with Gasteiger partial charge in [0.2, 0.25) is 10.0 Å². The minimum absolute atomic E-state index is 0.304. The maximum absolute atomic E-state index is 11.9. The number of benzene rings is 1. The normalized spacial score (nSPS) is 11.5. The van der Waals surface area contributed by atoms with Crippen molar-refractivity contribution in [3.8, 4) is 11.5 Å². The molecule has 2 rings (SSSR count). The molecule has 0 aliphatic rings. The summed E-state index contributed by atoms with van der Waals surface area (Å²) >= 11 is 1.22. The van der Waals surface area contributed by atoms with E-state index < -0.39 is 10.0 Å². The van der Waals surface area contributed by atoms with E-state index in [9.17, 15) is 8.42 Å². The van der Waals surface area contributed by atoms with Crippen LogP contribution in [0, 0.1) is 13.8 Å². The van der Waals surface area contributed by atoms with Crippen molar-refractivity contribution >= 4 is 21.4 Å². The average Bonchev–Trinajstić information content (AvgIpc) is 2.69. The summed E-state index contributed by atoms with van der Waals surface area (Å²) < 4.78 is 32.2. The molecule has 0 unspecified atom stereocenters. The number of aryl methyl sites for hydroxylation is 1. The van der Waals surface area contributed by atoms with E-state index >= 15 is 0 Å². The highest BCUT2D eigenvalue weighted by atomic mass is 32.2. The zero-order valence-corrected chi connectivity index (χ0v) is 12.6. The van der Waals surface area contributed by atoms with Gasteiger partial charge in [0.1, 0.15) is 15.7 Å². The van der Waals surface area contributed by atoms with Crippen LogP contribution in [0.15, 0.2) is 34.5 Å². The van der Waals surface area contributed by atoms with Crippen LogP contribution in [0.5, 0.6) is 11.5 Å². The van der Waals surface area contributed by atoms with Crippen LogP contribution >= 0.6 is 11.3 Å². The fourth-order valence-corrected chi connectivity index (χ4v) is 4.28. The highest BCUT2D eigenvalue weighted by molar-refractivity contribution is 7.91. The summed E-state index contributed by atoms with van der Waals surface area (Å²) in [6, 6.07) is 9.32. The number of hydrogen-bond acceptors (Lipinski definition) is 4. The monoisotopic (exact) mass is 297 g/mol. The fraction of sp³-hybridized carbons (Fsp3) is 0.231. The molecule has 1 aromatic heterocycles. The summed E-state index contributed by atoms with van der Waals surface area (Å²) in [6.45, 7) is 3.61. The number of thiophene rings is 1. The number of hydrogen-bond donors (Lipinski definition) is 1. The van der Waals surface area contributed by atoms with Gasteiger partial charge in [0.15, 0.2) is 0 Å². The first-order chi connectivity index (χ1) is 8.95. The van der Waals surface area contributed by atoms with Gasteiger partial charge in [-0.3, -0.25) is 0 Å². The first-order valence-corrected chi connectivity index (χ1v) is 8.02. The molecule has 0 aliphatic carbocycles. The van der Waals surface area contributed by atoms with E-state index in [-0.39, 0.29) is 0 Å². The summed E-state index contributed by atoms with van der Waals surface area (Å²) in [5.74, 6) is 1.31. The average molecular weight is 297 g/mol. The van der Waals surface area contributed by atoms with Crippen LogP contribution in [0.25, 0.3) is 0 Å². The molecule has 0 radical (unpaired) electrons. The van der Waals surface area contributed by atoms with Crippen LogP contribution in [-0.2, 0) is 10.0 Å². The van der Waals surface area contributed by atoms with Crippen LogP contribution in [0.1, 0.15) is 10.4 Å². The van der Waals surface area contributed by atoms with E-state index in [1.54, 1.807) is 6.92 Å². The number of rotatable bonds is 4. The van der Waals surface area contributed by atoms with Gasteiger partial charge in [0.25, 0.3) is 0 Å². The van der Waals surface area contributed by atoms with Gasteiger partial charge >= 0.3 is 0 Å². The summed E-state index contributed by atoms with van der Waals surface area (Å²) in [5.41, 5.74) is 0.640. The lowest BCUT2D eigenvalue weighted by atomic mass is 10.3. The number of para-hydroxylation sites is 1. The summed E-state index contributed by atoms with van der Waals surface area (Å²) in [4.78, 5) is 0.843. The van der Waals surface area contributed by atoms with Crippen LogP contribution in [0.3, 0.4) is 0 Å². The largest absolute Gasteiger partial charge is 0.456 e. The highest BCUT2D eigenvalue weighted by Gasteiger charge is 2.23. The lowest BCUT2D eigenvalue weighted by Gasteiger charge is -2.06. The minimum Gasteiger partial charge on any atom is -0.456 e. The third-order valence-corrected chi connectivity index (χ3v) is 5.91. The third kappa shape index (κ3) is 2.80. The van der Waals surface area contributed by atoms with Gasteiger partial charge < -0.3 is 4.74 Å². The molecule has 0 saturated heterocycles.